The number of hydrogen-bond acceptors (Lipinski definition) is 5. The Morgan fingerprint density at radius 3 is 2.96 bits per heavy atom. The van der Waals surface area contributed by atoms with Gasteiger partial charge in [-0.15, -0.1) is 0 Å². The molecule has 0 bridgehead atoms. The van der Waals surface area contributed by atoms with Crippen LogP contribution in [0.2, 0.25) is 0 Å². The Labute approximate surface area is 150 Å². The third-order valence-corrected chi connectivity index (χ3v) is 3.82. The lowest BCUT2D eigenvalue weighted by molar-refractivity contribution is 0.0779. The zero-order chi connectivity index (χ0) is 18.5. The fourth-order valence-electron chi connectivity index (χ4n) is 2.38. The normalized spacial score (nSPS) is 10.6. The average molecular weight is 355 g/mol. The van der Waals surface area contributed by atoms with Crippen LogP contribution in [0.25, 0.3) is 0 Å². The first-order valence-corrected chi connectivity index (χ1v) is 8.00. The summed E-state index contributed by atoms with van der Waals surface area (Å²) in [6.07, 6.45) is 4.74. The van der Waals surface area contributed by atoms with Gasteiger partial charge in [0.25, 0.3) is 5.91 Å². The first-order valence-electron chi connectivity index (χ1n) is 8.00. The van der Waals surface area contributed by atoms with Crippen LogP contribution in [0, 0.1) is 12.7 Å². The van der Waals surface area contributed by atoms with E-state index in [9.17, 15) is 9.18 Å². The van der Waals surface area contributed by atoms with Crippen molar-refractivity contribution >= 4 is 5.91 Å². The van der Waals surface area contributed by atoms with Crippen LogP contribution in [0.1, 0.15) is 27.5 Å². The van der Waals surface area contributed by atoms with Crippen LogP contribution in [-0.2, 0) is 13.2 Å². The fraction of sp³-hybridized carbons (Fsp3) is 0.211. The Balaban J connectivity index is 1.61. The number of aryl methyl sites for hydroxylation is 1. The number of carbonyl (C=O) groups is 1. The van der Waals surface area contributed by atoms with Crippen molar-refractivity contribution in [2.75, 3.05) is 7.05 Å². The number of hydrogen-bond donors (Lipinski definition) is 0. The summed E-state index contributed by atoms with van der Waals surface area (Å²) in [7, 11) is 1.69. The lowest BCUT2D eigenvalue weighted by Crippen LogP contribution is -2.26. The Hall–Kier alpha value is -3.22. The molecule has 0 unspecified atom stereocenters. The zero-order valence-electron chi connectivity index (χ0n) is 14.5. The van der Waals surface area contributed by atoms with Gasteiger partial charge in [0.05, 0.1) is 0 Å². The third kappa shape index (κ3) is 4.24. The molecule has 0 atom stereocenters. The summed E-state index contributed by atoms with van der Waals surface area (Å²) in [6.45, 7) is 2.39. The molecule has 0 radical (unpaired) electrons. The summed E-state index contributed by atoms with van der Waals surface area (Å²) in [5.41, 5.74) is 2.21. The van der Waals surface area contributed by atoms with Crippen molar-refractivity contribution in [3.8, 4) is 5.75 Å². The van der Waals surface area contributed by atoms with E-state index in [4.69, 9.17) is 9.15 Å². The highest BCUT2D eigenvalue weighted by atomic mass is 19.1. The van der Waals surface area contributed by atoms with Gasteiger partial charge in [0.2, 0.25) is 5.89 Å². The molecule has 26 heavy (non-hydrogen) atoms. The number of pyridine rings is 1. The first kappa shape index (κ1) is 17.6. The van der Waals surface area contributed by atoms with Crippen LogP contribution in [0.15, 0.2) is 53.4 Å². The van der Waals surface area contributed by atoms with Crippen molar-refractivity contribution < 1.29 is 18.3 Å². The maximum atomic E-state index is 13.1. The van der Waals surface area contributed by atoms with Crippen molar-refractivity contribution in [1.29, 1.82) is 0 Å². The molecule has 0 aliphatic rings. The highest BCUT2D eigenvalue weighted by Crippen LogP contribution is 2.15. The summed E-state index contributed by atoms with van der Waals surface area (Å²) >= 11 is 0. The van der Waals surface area contributed by atoms with Crippen LogP contribution in [-0.4, -0.2) is 27.8 Å². The number of carbonyl (C=O) groups excluding carboxylic acids is 1. The molecule has 7 heteroatoms. The summed E-state index contributed by atoms with van der Waals surface area (Å²) in [5.74, 6) is -0.0479. The maximum Gasteiger partial charge on any atom is 0.275 e. The van der Waals surface area contributed by atoms with Gasteiger partial charge in [-0.3, -0.25) is 9.78 Å². The van der Waals surface area contributed by atoms with E-state index in [1.165, 1.54) is 18.4 Å². The van der Waals surface area contributed by atoms with Gasteiger partial charge in [-0.25, -0.2) is 9.37 Å². The third-order valence-electron chi connectivity index (χ3n) is 3.82. The van der Waals surface area contributed by atoms with Gasteiger partial charge < -0.3 is 14.1 Å². The fourth-order valence-corrected chi connectivity index (χ4v) is 2.38. The second-order valence-electron chi connectivity index (χ2n) is 5.84. The van der Waals surface area contributed by atoms with E-state index < -0.39 is 0 Å². The largest absolute Gasteiger partial charge is 0.484 e. The van der Waals surface area contributed by atoms with Gasteiger partial charge in [0.15, 0.2) is 12.3 Å². The molecule has 1 amide bonds. The van der Waals surface area contributed by atoms with Crippen LogP contribution >= 0.6 is 0 Å². The number of oxazole rings is 1. The molecular formula is C19H18FN3O3. The van der Waals surface area contributed by atoms with Crippen molar-refractivity contribution in [3.05, 3.63) is 77.5 Å². The van der Waals surface area contributed by atoms with E-state index in [1.54, 1.807) is 36.5 Å². The lowest BCUT2D eigenvalue weighted by Gasteiger charge is -2.16. The van der Waals surface area contributed by atoms with E-state index in [-0.39, 0.29) is 29.9 Å². The van der Waals surface area contributed by atoms with E-state index in [0.29, 0.717) is 12.3 Å². The molecule has 2 aromatic heterocycles. The first-order chi connectivity index (χ1) is 12.5. The molecule has 0 spiro atoms. The molecule has 0 saturated carbocycles. The highest BCUT2D eigenvalue weighted by molar-refractivity contribution is 5.91. The average Bonchev–Trinajstić information content (AvgIpc) is 3.10. The number of amides is 1. The van der Waals surface area contributed by atoms with E-state index >= 15 is 0 Å². The summed E-state index contributed by atoms with van der Waals surface area (Å²) in [6, 6.07) is 7.64. The summed E-state index contributed by atoms with van der Waals surface area (Å²) in [5, 5.41) is 0. The second-order valence-corrected chi connectivity index (χ2v) is 5.84. The number of rotatable bonds is 6. The van der Waals surface area contributed by atoms with Gasteiger partial charge in [-0.1, -0.05) is 6.07 Å². The molecule has 0 aliphatic heterocycles. The van der Waals surface area contributed by atoms with Gasteiger partial charge in [0.1, 0.15) is 17.8 Å². The minimum Gasteiger partial charge on any atom is -0.484 e. The number of benzene rings is 1. The Kier molecular flexibility index (Phi) is 5.26. The molecule has 2 heterocycles. The number of halogens is 1. The van der Waals surface area contributed by atoms with Gasteiger partial charge >= 0.3 is 0 Å². The number of aromatic nitrogens is 2. The van der Waals surface area contributed by atoms with Crippen molar-refractivity contribution in [2.24, 2.45) is 0 Å². The number of nitrogens with zero attached hydrogens (tertiary/aromatic N) is 3. The van der Waals surface area contributed by atoms with Crippen LogP contribution < -0.4 is 4.74 Å². The van der Waals surface area contributed by atoms with Gasteiger partial charge in [-0.05, 0) is 36.2 Å². The van der Waals surface area contributed by atoms with E-state index in [1.807, 2.05) is 13.0 Å². The maximum absolute atomic E-state index is 13.1. The lowest BCUT2D eigenvalue weighted by atomic mass is 10.1. The standard InChI is InChI=1S/C19H18FN3O3/c1-13-9-21-7-6-14(13)10-23(2)19(24)17-11-26-18(22-17)12-25-16-5-3-4-15(20)8-16/h3-9,11H,10,12H2,1-2H3. The Bertz CT molecular complexity index is 910. The molecule has 0 saturated heterocycles. The molecule has 134 valence electrons. The summed E-state index contributed by atoms with van der Waals surface area (Å²) in [4.78, 5) is 22.2. The monoisotopic (exact) mass is 355 g/mol. The van der Waals surface area contributed by atoms with Crippen LogP contribution in [0.3, 0.4) is 0 Å². The summed E-state index contributed by atoms with van der Waals surface area (Å²) < 4.78 is 23.8. The number of ether oxygens (including phenoxy) is 1. The van der Waals surface area contributed by atoms with Crippen molar-refractivity contribution in [1.82, 2.24) is 14.9 Å². The van der Waals surface area contributed by atoms with Crippen LogP contribution in [0.5, 0.6) is 5.75 Å². The smallest absolute Gasteiger partial charge is 0.275 e. The minimum absolute atomic E-state index is 0.00388. The Morgan fingerprint density at radius 1 is 1.35 bits per heavy atom. The minimum atomic E-state index is -0.390. The molecule has 1 aromatic carbocycles. The van der Waals surface area contributed by atoms with E-state index in [2.05, 4.69) is 9.97 Å². The van der Waals surface area contributed by atoms with Gasteiger partial charge in [0, 0.05) is 32.1 Å². The SMILES string of the molecule is Cc1cnccc1CN(C)C(=O)c1coc(COc2cccc(F)c2)n1. The molecule has 6 nitrogen and oxygen atoms in total. The zero-order valence-corrected chi connectivity index (χ0v) is 14.5. The molecule has 3 aromatic rings. The quantitative estimate of drug-likeness (QED) is 0.678. The molecular weight excluding hydrogens is 337 g/mol. The van der Waals surface area contributed by atoms with Gasteiger partial charge in [-0.2, -0.15) is 0 Å². The molecule has 3 rings (SSSR count). The predicted octanol–water partition coefficient (Wildman–Crippen LogP) is 3.37. The molecule has 0 fully saturated rings. The van der Waals surface area contributed by atoms with Crippen molar-refractivity contribution in [2.45, 2.75) is 20.1 Å². The van der Waals surface area contributed by atoms with Crippen LogP contribution in [0.4, 0.5) is 4.39 Å². The Morgan fingerprint density at radius 2 is 2.19 bits per heavy atom. The highest BCUT2D eigenvalue weighted by Gasteiger charge is 2.17. The molecule has 0 aliphatic carbocycles. The topological polar surface area (TPSA) is 68.5 Å². The second kappa shape index (κ2) is 7.77. The molecule has 0 N–H and O–H groups in total. The van der Waals surface area contributed by atoms with E-state index in [0.717, 1.165) is 11.1 Å². The predicted molar refractivity (Wildman–Crippen MR) is 92.0 cm³/mol. The van der Waals surface area contributed by atoms with Crippen molar-refractivity contribution in [3.63, 3.8) is 0 Å².